The van der Waals surface area contributed by atoms with Crippen LogP contribution in [0.5, 0.6) is 5.75 Å². The maximum atomic E-state index is 9.96. The molecule has 1 unspecified atom stereocenters. The van der Waals surface area contributed by atoms with Crippen LogP contribution in [0.2, 0.25) is 0 Å². The van der Waals surface area contributed by atoms with Gasteiger partial charge >= 0.3 is 0 Å². The van der Waals surface area contributed by atoms with Crippen molar-refractivity contribution < 1.29 is 14.6 Å². The van der Waals surface area contributed by atoms with E-state index in [4.69, 9.17) is 9.47 Å². The average Bonchev–Trinajstić information content (AvgIpc) is 3.16. The van der Waals surface area contributed by atoms with Gasteiger partial charge in [-0.15, -0.1) is 0 Å². The van der Waals surface area contributed by atoms with Crippen LogP contribution in [0.3, 0.4) is 0 Å². The lowest BCUT2D eigenvalue weighted by Crippen LogP contribution is -2.23. The number of anilines is 1. The van der Waals surface area contributed by atoms with Crippen LogP contribution in [0.15, 0.2) is 54.6 Å². The largest absolute Gasteiger partial charge is 0.491 e. The number of aliphatic hydroxyl groups is 1. The van der Waals surface area contributed by atoms with Crippen LogP contribution in [0, 0.1) is 0 Å². The third-order valence-corrected chi connectivity index (χ3v) is 4.17. The van der Waals surface area contributed by atoms with Crippen molar-refractivity contribution in [3.8, 4) is 5.75 Å². The van der Waals surface area contributed by atoms with Crippen LogP contribution in [0.4, 0.5) is 5.69 Å². The molecule has 2 aromatic rings. The molecule has 0 bridgehead atoms. The molecule has 1 saturated heterocycles. The van der Waals surface area contributed by atoms with E-state index >= 15 is 0 Å². The first-order chi connectivity index (χ1) is 11.8. The summed E-state index contributed by atoms with van der Waals surface area (Å²) in [5.74, 6) is 0.778. The Hall–Kier alpha value is -2.04. The molecule has 0 aromatic heterocycles. The predicted molar refractivity (Wildman–Crippen MR) is 95.5 cm³/mol. The van der Waals surface area contributed by atoms with Gasteiger partial charge in [0.05, 0.1) is 13.2 Å². The third kappa shape index (κ3) is 4.98. The highest BCUT2D eigenvalue weighted by Crippen LogP contribution is 2.23. The standard InChI is InChI=1S/C20H25NO3/c22-19(15-23-14-17-6-2-1-3-7-17)16-24-20-10-8-18(9-11-20)21-12-4-5-13-21/h1-3,6-11,19,22H,4-5,12-16H2. The molecule has 1 aliphatic heterocycles. The topological polar surface area (TPSA) is 41.9 Å². The number of hydrogen-bond donors (Lipinski definition) is 1. The lowest BCUT2D eigenvalue weighted by Gasteiger charge is -2.18. The first kappa shape index (κ1) is 16.8. The van der Waals surface area contributed by atoms with Crippen LogP contribution >= 0.6 is 0 Å². The molecule has 1 fully saturated rings. The Morgan fingerprint density at radius 2 is 1.62 bits per heavy atom. The molecule has 0 spiro atoms. The Morgan fingerprint density at radius 3 is 2.33 bits per heavy atom. The fraction of sp³-hybridized carbons (Fsp3) is 0.400. The minimum atomic E-state index is -0.632. The first-order valence-electron chi connectivity index (χ1n) is 8.59. The summed E-state index contributed by atoms with van der Waals surface area (Å²) in [5.41, 5.74) is 2.34. The summed E-state index contributed by atoms with van der Waals surface area (Å²) in [7, 11) is 0. The first-order valence-corrected chi connectivity index (χ1v) is 8.59. The van der Waals surface area contributed by atoms with Crippen molar-refractivity contribution in [1.82, 2.24) is 0 Å². The zero-order valence-corrected chi connectivity index (χ0v) is 13.9. The van der Waals surface area contributed by atoms with Crippen molar-refractivity contribution in [2.45, 2.75) is 25.6 Å². The van der Waals surface area contributed by atoms with Crippen LogP contribution in [0.1, 0.15) is 18.4 Å². The van der Waals surface area contributed by atoms with E-state index < -0.39 is 6.10 Å². The van der Waals surface area contributed by atoms with Gasteiger partial charge < -0.3 is 19.5 Å². The van der Waals surface area contributed by atoms with Crippen molar-refractivity contribution >= 4 is 5.69 Å². The van der Waals surface area contributed by atoms with Crippen molar-refractivity contribution in [2.24, 2.45) is 0 Å². The number of aliphatic hydroxyl groups excluding tert-OH is 1. The predicted octanol–water partition coefficient (Wildman–Crippen LogP) is 3.24. The second-order valence-corrected chi connectivity index (χ2v) is 6.15. The molecule has 128 valence electrons. The van der Waals surface area contributed by atoms with Gasteiger partial charge in [0.1, 0.15) is 18.5 Å². The zero-order valence-electron chi connectivity index (χ0n) is 13.9. The van der Waals surface area contributed by atoms with Gasteiger partial charge in [-0.1, -0.05) is 30.3 Å². The lowest BCUT2D eigenvalue weighted by molar-refractivity contribution is 0.00549. The SMILES string of the molecule is OC(COCc1ccccc1)COc1ccc(N2CCCC2)cc1. The zero-order chi connectivity index (χ0) is 16.6. The monoisotopic (exact) mass is 327 g/mol. The van der Waals surface area contributed by atoms with E-state index in [1.165, 1.54) is 18.5 Å². The Kier molecular flexibility index (Phi) is 6.10. The van der Waals surface area contributed by atoms with E-state index in [-0.39, 0.29) is 13.2 Å². The fourth-order valence-corrected chi connectivity index (χ4v) is 2.86. The van der Waals surface area contributed by atoms with Crippen LogP contribution in [-0.2, 0) is 11.3 Å². The number of benzene rings is 2. The molecule has 3 rings (SSSR count). The van der Waals surface area contributed by atoms with Gasteiger partial charge in [-0.3, -0.25) is 0 Å². The molecule has 0 radical (unpaired) electrons. The van der Waals surface area contributed by atoms with E-state index in [0.717, 1.165) is 24.4 Å². The van der Waals surface area contributed by atoms with Gasteiger partial charge in [0.2, 0.25) is 0 Å². The van der Waals surface area contributed by atoms with Crippen molar-refractivity contribution in [3.05, 3.63) is 60.2 Å². The number of hydrogen-bond acceptors (Lipinski definition) is 4. The molecule has 1 heterocycles. The highest BCUT2D eigenvalue weighted by atomic mass is 16.5. The van der Waals surface area contributed by atoms with Crippen LogP contribution < -0.4 is 9.64 Å². The van der Waals surface area contributed by atoms with Crippen molar-refractivity contribution in [1.29, 1.82) is 0 Å². The number of nitrogens with zero attached hydrogens (tertiary/aromatic N) is 1. The van der Waals surface area contributed by atoms with Gasteiger partial charge in [-0.25, -0.2) is 0 Å². The molecule has 0 amide bonds. The van der Waals surface area contributed by atoms with E-state index in [2.05, 4.69) is 17.0 Å². The minimum Gasteiger partial charge on any atom is -0.491 e. The molecular formula is C20H25NO3. The summed E-state index contributed by atoms with van der Waals surface area (Å²) in [6.07, 6.45) is 1.91. The number of ether oxygens (including phenoxy) is 2. The smallest absolute Gasteiger partial charge is 0.119 e. The average molecular weight is 327 g/mol. The fourth-order valence-electron chi connectivity index (χ4n) is 2.86. The van der Waals surface area contributed by atoms with E-state index in [9.17, 15) is 5.11 Å². The summed E-state index contributed by atoms with van der Waals surface area (Å²) in [6.45, 7) is 3.27. The Labute approximate surface area is 143 Å². The Balaban J connectivity index is 1.37. The van der Waals surface area contributed by atoms with Gasteiger partial charge in [-0.05, 0) is 42.7 Å². The van der Waals surface area contributed by atoms with Crippen LogP contribution in [-0.4, -0.2) is 37.5 Å². The second-order valence-electron chi connectivity index (χ2n) is 6.15. The van der Waals surface area contributed by atoms with Crippen molar-refractivity contribution in [2.75, 3.05) is 31.2 Å². The molecule has 1 N–H and O–H groups in total. The quantitative estimate of drug-likeness (QED) is 0.808. The van der Waals surface area contributed by atoms with Gasteiger partial charge in [0, 0.05) is 18.8 Å². The summed E-state index contributed by atoms with van der Waals surface area (Å²) in [5, 5.41) is 9.96. The van der Waals surface area contributed by atoms with E-state index in [1.54, 1.807) is 0 Å². The van der Waals surface area contributed by atoms with Gasteiger partial charge in [-0.2, -0.15) is 0 Å². The molecule has 0 saturated carbocycles. The van der Waals surface area contributed by atoms with Gasteiger partial charge in [0.25, 0.3) is 0 Å². The highest BCUT2D eigenvalue weighted by Gasteiger charge is 2.12. The minimum absolute atomic E-state index is 0.234. The Morgan fingerprint density at radius 1 is 0.917 bits per heavy atom. The Bertz CT molecular complexity index is 594. The normalized spacial score (nSPS) is 15.5. The second kappa shape index (κ2) is 8.71. The van der Waals surface area contributed by atoms with Crippen LogP contribution in [0.25, 0.3) is 0 Å². The molecule has 4 heteroatoms. The third-order valence-electron chi connectivity index (χ3n) is 4.17. The summed E-state index contributed by atoms with van der Waals surface area (Å²) in [4.78, 5) is 2.38. The molecule has 1 aliphatic rings. The summed E-state index contributed by atoms with van der Waals surface area (Å²) < 4.78 is 11.2. The molecule has 24 heavy (non-hydrogen) atoms. The van der Waals surface area contributed by atoms with E-state index in [1.807, 2.05) is 42.5 Å². The summed E-state index contributed by atoms with van der Waals surface area (Å²) in [6, 6.07) is 18.0. The van der Waals surface area contributed by atoms with Crippen molar-refractivity contribution in [3.63, 3.8) is 0 Å². The highest BCUT2D eigenvalue weighted by molar-refractivity contribution is 5.49. The molecule has 1 atom stereocenters. The maximum absolute atomic E-state index is 9.96. The summed E-state index contributed by atoms with van der Waals surface area (Å²) >= 11 is 0. The number of rotatable bonds is 8. The maximum Gasteiger partial charge on any atom is 0.119 e. The molecule has 2 aromatic carbocycles. The van der Waals surface area contributed by atoms with E-state index in [0.29, 0.717) is 6.61 Å². The van der Waals surface area contributed by atoms with Gasteiger partial charge in [0.15, 0.2) is 0 Å². The molecular weight excluding hydrogens is 302 g/mol. The lowest BCUT2D eigenvalue weighted by atomic mass is 10.2. The molecule has 0 aliphatic carbocycles. The molecule has 4 nitrogen and oxygen atoms in total.